The molecule has 0 bridgehead atoms. The van der Waals surface area contributed by atoms with E-state index in [1.165, 1.54) is 38.2 Å². The van der Waals surface area contributed by atoms with Crippen LogP contribution in [0.4, 0.5) is 4.39 Å². The number of aromatic nitrogens is 2. The van der Waals surface area contributed by atoms with E-state index in [2.05, 4.69) is 17.1 Å². The molecule has 6 heteroatoms. The molecule has 2 rings (SSSR count). The van der Waals surface area contributed by atoms with Gasteiger partial charge in [-0.2, -0.15) is 4.98 Å². The van der Waals surface area contributed by atoms with Gasteiger partial charge in [0.15, 0.2) is 11.6 Å². The third-order valence-electron chi connectivity index (χ3n) is 4.26. The van der Waals surface area contributed by atoms with Crippen molar-refractivity contribution in [2.45, 2.75) is 64.7 Å². The van der Waals surface area contributed by atoms with Crippen molar-refractivity contribution in [1.29, 1.82) is 0 Å². The molecule has 2 N–H and O–H groups in total. The highest BCUT2D eigenvalue weighted by Crippen LogP contribution is 2.24. The maximum Gasteiger partial charge on any atom is 0.227 e. The molecule has 0 aliphatic carbocycles. The molecule has 1 heterocycles. The summed E-state index contributed by atoms with van der Waals surface area (Å²) in [5.41, 5.74) is 6.04. The molecule has 0 spiro atoms. The second kappa shape index (κ2) is 11.6. The number of hydrogen-bond donors (Lipinski definition) is 1. The number of halogens is 1. The van der Waals surface area contributed by atoms with Crippen LogP contribution in [-0.4, -0.2) is 23.3 Å². The van der Waals surface area contributed by atoms with E-state index in [1.807, 2.05) is 0 Å². The van der Waals surface area contributed by atoms with E-state index in [4.69, 9.17) is 15.0 Å². The first-order valence-corrected chi connectivity index (χ1v) is 9.70. The molecule has 2 aromatic rings. The minimum absolute atomic E-state index is 0.270. The molecular formula is C20H30FN3O2. The first-order chi connectivity index (χ1) is 12.7. The maximum atomic E-state index is 14.2. The van der Waals surface area contributed by atoms with E-state index in [-0.39, 0.29) is 5.75 Å². The summed E-state index contributed by atoms with van der Waals surface area (Å²) in [5.74, 6) is 0.769. The van der Waals surface area contributed by atoms with Crippen LogP contribution in [0.3, 0.4) is 0 Å². The number of nitrogens with two attached hydrogens (primary N) is 1. The summed E-state index contributed by atoms with van der Waals surface area (Å²) in [5, 5.41) is 3.89. The van der Waals surface area contributed by atoms with Gasteiger partial charge in [0.25, 0.3) is 0 Å². The van der Waals surface area contributed by atoms with Crippen LogP contribution >= 0.6 is 0 Å². The Morgan fingerprint density at radius 2 is 1.85 bits per heavy atom. The maximum absolute atomic E-state index is 14.2. The van der Waals surface area contributed by atoms with Crippen molar-refractivity contribution in [3.8, 4) is 17.1 Å². The molecule has 5 nitrogen and oxygen atoms in total. The fraction of sp³-hybridized carbons (Fsp3) is 0.600. The van der Waals surface area contributed by atoms with E-state index in [0.29, 0.717) is 36.9 Å². The van der Waals surface area contributed by atoms with Crippen molar-refractivity contribution in [1.82, 2.24) is 10.1 Å². The fourth-order valence-electron chi connectivity index (χ4n) is 2.73. The first kappa shape index (κ1) is 20.4. The van der Waals surface area contributed by atoms with Crippen LogP contribution < -0.4 is 10.5 Å². The predicted molar refractivity (Wildman–Crippen MR) is 101 cm³/mol. The zero-order valence-corrected chi connectivity index (χ0v) is 15.7. The Bertz CT molecular complexity index is 646. The highest BCUT2D eigenvalue weighted by molar-refractivity contribution is 5.56. The topological polar surface area (TPSA) is 74.2 Å². The lowest BCUT2D eigenvalue weighted by atomic mass is 10.1. The number of rotatable bonds is 13. The van der Waals surface area contributed by atoms with Gasteiger partial charge in [-0.15, -0.1) is 0 Å². The molecule has 0 saturated carbocycles. The molecule has 144 valence electrons. The van der Waals surface area contributed by atoms with E-state index in [9.17, 15) is 4.39 Å². The monoisotopic (exact) mass is 363 g/mol. The van der Waals surface area contributed by atoms with Gasteiger partial charge in [0.2, 0.25) is 11.7 Å². The van der Waals surface area contributed by atoms with Gasteiger partial charge in [-0.3, -0.25) is 0 Å². The highest BCUT2D eigenvalue weighted by atomic mass is 19.1. The number of ether oxygens (including phenoxy) is 1. The molecular weight excluding hydrogens is 333 g/mol. The molecule has 0 unspecified atom stereocenters. The third kappa shape index (κ3) is 6.75. The molecule has 26 heavy (non-hydrogen) atoms. The Morgan fingerprint density at radius 3 is 2.58 bits per heavy atom. The molecule has 0 aliphatic heterocycles. The Balaban J connectivity index is 1.77. The number of nitrogens with zero attached hydrogens (tertiary/aromatic N) is 2. The molecule has 1 aromatic carbocycles. The first-order valence-electron chi connectivity index (χ1n) is 9.70. The second-order valence-electron chi connectivity index (χ2n) is 6.52. The number of benzene rings is 1. The number of hydrogen-bond acceptors (Lipinski definition) is 5. The van der Waals surface area contributed by atoms with Gasteiger partial charge < -0.3 is 15.0 Å². The van der Waals surface area contributed by atoms with Gasteiger partial charge >= 0.3 is 0 Å². The van der Waals surface area contributed by atoms with Crippen molar-refractivity contribution < 1.29 is 13.7 Å². The van der Waals surface area contributed by atoms with Crippen molar-refractivity contribution in [2.24, 2.45) is 5.73 Å². The van der Waals surface area contributed by atoms with Crippen molar-refractivity contribution in [3.05, 3.63) is 29.9 Å². The molecule has 0 amide bonds. The predicted octanol–water partition coefficient (Wildman–Crippen LogP) is 4.90. The van der Waals surface area contributed by atoms with Crippen molar-refractivity contribution in [3.63, 3.8) is 0 Å². The molecule has 0 radical (unpaired) electrons. The summed E-state index contributed by atoms with van der Waals surface area (Å²) in [7, 11) is 0. The van der Waals surface area contributed by atoms with E-state index in [0.717, 1.165) is 19.3 Å². The standard InChI is InChI=1S/C20H30FN3O2/c1-2-3-4-5-6-7-8-14-25-18-12-11-16(15-17(18)21)20-23-19(26-24-20)10-9-13-22/h11-12,15H,2-10,13-14,22H2,1H3. The minimum atomic E-state index is -0.404. The third-order valence-corrected chi connectivity index (χ3v) is 4.26. The largest absolute Gasteiger partial charge is 0.491 e. The Hall–Kier alpha value is -1.95. The molecule has 0 saturated heterocycles. The van der Waals surface area contributed by atoms with Gasteiger partial charge in [0.05, 0.1) is 6.61 Å². The summed E-state index contributed by atoms with van der Waals surface area (Å²) in [4.78, 5) is 4.27. The number of unbranched alkanes of at least 4 members (excludes halogenated alkanes) is 6. The second-order valence-corrected chi connectivity index (χ2v) is 6.52. The summed E-state index contributed by atoms with van der Waals surface area (Å²) >= 11 is 0. The van der Waals surface area contributed by atoms with Crippen LogP contribution in [-0.2, 0) is 6.42 Å². The molecule has 1 aromatic heterocycles. The van der Waals surface area contributed by atoms with Gasteiger partial charge in [-0.05, 0) is 37.6 Å². The lowest BCUT2D eigenvalue weighted by molar-refractivity contribution is 0.290. The van der Waals surface area contributed by atoms with Gasteiger partial charge in [-0.25, -0.2) is 4.39 Å². The van der Waals surface area contributed by atoms with Crippen LogP contribution in [0, 0.1) is 5.82 Å². The highest BCUT2D eigenvalue weighted by Gasteiger charge is 2.12. The Labute approximate surface area is 155 Å². The SMILES string of the molecule is CCCCCCCCCOc1ccc(-c2noc(CCCN)n2)cc1F. The minimum Gasteiger partial charge on any atom is -0.491 e. The summed E-state index contributed by atoms with van der Waals surface area (Å²) in [6, 6.07) is 4.76. The smallest absolute Gasteiger partial charge is 0.227 e. The number of aryl methyl sites for hydroxylation is 1. The van der Waals surface area contributed by atoms with Crippen molar-refractivity contribution >= 4 is 0 Å². The summed E-state index contributed by atoms with van der Waals surface area (Å²) in [6.45, 7) is 3.32. The van der Waals surface area contributed by atoms with Gasteiger partial charge in [-0.1, -0.05) is 50.6 Å². The van der Waals surface area contributed by atoms with Crippen LogP contribution in [0.5, 0.6) is 5.75 Å². The Kier molecular flexibility index (Phi) is 9.10. The quantitative estimate of drug-likeness (QED) is 0.513. The van der Waals surface area contributed by atoms with Gasteiger partial charge in [0.1, 0.15) is 0 Å². The van der Waals surface area contributed by atoms with Crippen molar-refractivity contribution in [2.75, 3.05) is 13.2 Å². The average Bonchev–Trinajstić information content (AvgIpc) is 3.12. The average molecular weight is 363 g/mol. The lowest BCUT2D eigenvalue weighted by Gasteiger charge is -2.08. The van der Waals surface area contributed by atoms with E-state index < -0.39 is 5.82 Å². The van der Waals surface area contributed by atoms with Crippen LogP contribution in [0.2, 0.25) is 0 Å². The normalized spacial score (nSPS) is 11.0. The van der Waals surface area contributed by atoms with Crippen LogP contribution in [0.15, 0.2) is 22.7 Å². The van der Waals surface area contributed by atoms with Crippen LogP contribution in [0.25, 0.3) is 11.4 Å². The fourth-order valence-corrected chi connectivity index (χ4v) is 2.73. The zero-order chi connectivity index (χ0) is 18.6. The van der Waals surface area contributed by atoms with E-state index >= 15 is 0 Å². The lowest BCUT2D eigenvalue weighted by Crippen LogP contribution is -2.00. The van der Waals surface area contributed by atoms with E-state index in [1.54, 1.807) is 12.1 Å². The molecule has 0 aliphatic rings. The molecule has 0 atom stereocenters. The summed E-state index contributed by atoms with van der Waals surface area (Å²) in [6.07, 6.45) is 9.84. The Morgan fingerprint density at radius 1 is 1.08 bits per heavy atom. The zero-order valence-electron chi connectivity index (χ0n) is 15.7. The van der Waals surface area contributed by atoms with Crippen LogP contribution in [0.1, 0.15) is 64.2 Å². The molecule has 0 fully saturated rings. The van der Waals surface area contributed by atoms with Gasteiger partial charge in [0, 0.05) is 12.0 Å². The summed E-state index contributed by atoms with van der Waals surface area (Å²) < 4.78 is 24.9.